The molecule has 3 nitrogen and oxygen atoms in total. The van der Waals surface area contributed by atoms with Crippen molar-refractivity contribution in [2.45, 2.75) is 51.2 Å². The molecule has 3 heteroatoms. The maximum Gasteiger partial charge on any atom is 0.122 e. The molecule has 1 fully saturated rings. The van der Waals surface area contributed by atoms with E-state index >= 15 is 0 Å². The zero-order valence-electron chi connectivity index (χ0n) is 12.4. The number of rotatable bonds is 5. The highest BCUT2D eigenvalue weighted by Crippen LogP contribution is 2.31. The number of hydrogen-bond acceptors (Lipinski definition) is 3. The van der Waals surface area contributed by atoms with Crippen LogP contribution >= 0.6 is 0 Å². The van der Waals surface area contributed by atoms with E-state index in [1.54, 1.807) is 0 Å². The number of nitrogens with one attached hydrogen (secondary N) is 1. The summed E-state index contributed by atoms with van der Waals surface area (Å²) >= 11 is 0. The Morgan fingerprint density at radius 3 is 3.05 bits per heavy atom. The van der Waals surface area contributed by atoms with Gasteiger partial charge >= 0.3 is 0 Å². The summed E-state index contributed by atoms with van der Waals surface area (Å²) in [6.07, 6.45) is 6.19. The van der Waals surface area contributed by atoms with E-state index in [1.165, 1.54) is 24.0 Å². The highest BCUT2D eigenvalue weighted by Gasteiger charge is 2.22. The van der Waals surface area contributed by atoms with Crippen molar-refractivity contribution >= 4 is 0 Å². The molecule has 20 heavy (non-hydrogen) atoms. The van der Waals surface area contributed by atoms with Gasteiger partial charge < -0.3 is 14.8 Å². The Kier molecular flexibility index (Phi) is 4.58. The van der Waals surface area contributed by atoms with E-state index in [0.29, 0.717) is 12.1 Å². The first kappa shape index (κ1) is 13.9. The monoisotopic (exact) mass is 275 g/mol. The fraction of sp³-hybridized carbons (Fsp3) is 0.647. The van der Waals surface area contributed by atoms with Crippen LogP contribution in [0.3, 0.4) is 0 Å². The summed E-state index contributed by atoms with van der Waals surface area (Å²) in [5.74, 6) is 1.08. The maximum absolute atomic E-state index is 5.80. The standard InChI is InChI=1S/C17H25NO2/c1-2-18-16(12-15-6-4-9-19-15)13-7-8-17-14(11-13)5-3-10-20-17/h7-8,11,15-16,18H,2-6,9-10,12H2,1H3. The lowest BCUT2D eigenvalue weighted by atomic mass is 9.95. The maximum atomic E-state index is 5.80. The van der Waals surface area contributed by atoms with Crippen LogP contribution in [0.25, 0.3) is 0 Å². The van der Waals surface area contributed by atoms with Gasteiger partial charge in [-0.3, -0.25) is 0 Å². The molecule has 0 aliphatic carbocycles. The van der Waals surface area contributed by atoms with Crippen LogP contribution in [0.2, 0.25) is 0 Å². The van der Waals surface area contributed by atoms with Crippen molar-refractivity contribution in [1.82, 2.24) is 5.32 Å². The fourth-order valence-electron chi connectivity index (χ4n) is 3.27. The zero-order valence-corrected chi connectivity index (χ0v) is 12.4. The molecule has 0 spiro atoms. The Bertz CT molecular complexity index is 441. The molecule has 1 saturated heterocycles. The van der Waals surface area contributed by atoms with Gasteiger partial charge in [-0.2, -0.15) is 0 Å². The molecule has 0 radical (unpaired) electrons. The number of fused-ring (bicyclic) bond motifs is 1. The minimum absolute atomic E-state index is 0.398. The van der Waals surface area contributed by atoms with E-state index in [2.05, 4.69) is 30.4 Å². The largest absolute Gasteiger partial charge is 0.493 e. The molecule has 0 bridgehead atoms. The van der Waals surface area contributed by atoms with Gasteiger partial charge in [0.15, 0.2) is 0 Å². The molecule has 0 saturated carbocycles. The van der Waals surface area contributed by atoms with E-state index in [9.17, 15) is 0 Å². The SMILES string of the molecule is CCNC(CC1CCCO1)c1ccc2c(c1)CCCO2. The fourth-order valence-corrected chi connectivity index (χ4v) is 3.27. The van der Waals surface area contributed by atoms with Crippen molar-refractivity contribution < 1.29 is 9.47 Å². The van der Waals surface area contributed by atoms with E-state index in [4.69, 9.17) is 9.47 Å². The van der Waals surface area contributed by atoms with Gasteiger partial charge in [0.05, 0.1) is 12.7 Å². The van der Waals surface area contributed by atoms with Gasteiger partial charge in [0.25, 0.3) is 0 Å². The predicted molar refractivity (Wildman–Crippen MR) is 80.3 cm³/mol. The molecule has 1 N–H and O–H groups in total. The second kappa shape index (κ2) is 6.59. The molecule has 110 valence electrons. The lowest BCUT2D eigenvalue weighted by Crippen LogP contribution is -2.25. The summed E-state index contributed by atoms with van der Waals surface area (Å²) in [6, 6.07) is 7.09. The van der Waals surface area contributed by atoms with Crippen molar-refractivity contribution in [3.63, 3.8) is 0 Å². The third-order valence-electron chi connectivity index (χ3n) is 4.31. The van der Waals surface area contributed by atoms with Gasteiger partial charge in [0.2, 0.25) is 0 Å². The third-order valence-corrected chi connectivity index (χ3v) is 4.31. The molecular weight excluding hydrogens is 250 g/mol. The predicted octanol–water partition coefficient (Wildman–Crippen LogP) is 3.23. The summed E-state index contributed by atoms with van der Waals surface area (Å²) in [4.78, 5) is 0. The molecule has 0 amide bonds. The van der Waals surface area contributed by atoms with Crippen LogP contribution in [0, 0.1) is 0 Å². The Balaban J connectivity index is 1.75. The van der Waals surface area contributed by atoms with Crippen LogP contribution in [0.4, 0.5) is 0 Å². The molecule has 2 atom stereocenters. The van der Waals surface area contributed by atoms with Crippen molar-refractivity contribution in [3.05, 3.63) is 29.3 Å². The first-order chi connectivity index (χ1) is 9.86. The van der Waals surface area contributed by atoms with Crippen LogP contribution < -0.4 is 10.1 Å². The average molecular weight is 275 g/mol. The summed E-state index contributed by atoms with van der Waals surface area (Å²) in [5.41, 5.74) is 2.75. The lowest BCUT2D eigenvalue weighted by molar-refractivity contribution is 0.0947. The first-order valence-corrected chi connectivity index (χ1v) is 7.97. The highest BCUT2D eigenvalue weighted by molar-refractivity contribution is 5.39. The molecule has 0 aromatic heterocycles. The Morgan fingerprint density at radius 2 is 2.25 bits per heavy atom. The minimum atomic E-state index is 0.398. The van der Waals surface area contributed by atoms with E-state index in [0.717, 1.165) is 44.8 Å². The first-order valence-electron chi connectivity index (χ1n) is 7.97. The number of benzene rings is 1. The molecule has 2 aliphatic rings. The average Bonchev–Trinajstić information content (AvgIpc) is 2.99. The summed E-state index contributed by atoms with van der Waals surface area (Å²) in [7, 11) is 0. The molecule has 2 unspecified atom stereocenters. The van der Waals surface area contributed by atoms with Gasteiger partial charge in [-0.05, 0) is 55.8 Å². The zero-order chi connectivity index (χ0) is 13.8. The van der Waals surface area contributed by atoms with Gasteiger partial charge in [-0.1, -0.05) is 19.1 Å². The smallest absolute Gasteiger partial charge is 0.122 e. The second-order valence-corrected chi connectivity index (χ2v) is 5.80. The van der Waals surface area contributed by atoms with Gasteiger partial charge in [0.1, 0.15) is 5.75 Å². The van der Waals surface area contributed by atoms with Gasteiger partial charge in [-0.15, -0.1) is 0 Å². The summed E-state index contributed by atoms with van der Waals surface area (Å²) < 4.78 is 11.5. The molecule has 3 rings (SSSR count). The van der Waals surface area contributed by atoms with Crippen LogP contribution in [0.1, 0.15) is 49.8 Å². The quantitative estimate of drug-likeness (QED) is 0.895. The second-order valence-electron chi connectivity index (χ2n) is 5.80. The van der Waals surface area contributed by atoms with E-state index < -0.39 is 0 Å². The van der Waals surface area contributed by atoms with E-state index in [1.807, 2.05) is 0 Å². The molecule has 2 heterocycles. The Morgan fingerprint density at radius 1 is 1.30 bits per heavy atom. The van der Waals surface area contributed by atoms with Crippen LogP contribution in [-0.2, 0) is 11.2 Å². The number of ether oxygens (including phenoxy) is 2. The Labute approximate surface area is 121 Å². The topological polar surface area (TPSA) is 30.5 Å². The van der Waals surface area contributed by atoms with Gasteiger partial charge in [-0.25, -0.2) is 0 Å². The van der Waals surface area contributed by atoms with Gasteiger partial charge in [0, 0.05) is 12.6 Å². The van der Waals surface area contributed by atoms with Crippen molar-refractivity contribution in [2.24, 2.45) is 0 Å². The van der Waals surface area contributed by atoms with Crippen LogP contribution in [-0.4, -0.2) is 25.9 Å². The molecule has 1 aromatic carbocycles. The Hall–Kier alpha value is -1.06. The third kappa shape index (κ3) is 3.15. The van der Waals surface area contributed by atoms with Crippen LogP contribution in [0.15, 0.2) is 18.2 Å². The number of aryl methyl sites for hydroxylation is 1. The lowest BCUT2D eigenvalue weighted by Gasteiger charge is -2.24. The normalized spacial score (nSPS) is 23.1. The van der Waals surface area contributed by atoms with Crippen molar-refractivity contribution in [1.29, 1.82) is 0 Å². The summed E-state index contributed by atoms with van der Waals surface area (Å²) in [5, 5.41) is 3.61. The summed E-state index contributed by atoms with van der Waals surface area (Å²) in [6.45, 7) is 4.95. The minimum Gasteiger partial charge on any atom is -0.493 e. The molecular formula is C17H25NO2. The van der Waals surface area contributed by atoms with Crippen molar-refractivity contribution in [3.8, 4) is 5.75 Å². The van der Waals surface area contributed by atoms with Crippen molar-refractivity contribution in [2.75, 3.05) is 19.8 Å². The highest BCUT2D eigenvalue weighted by atomic mass is 16.5. The number of hydrogen-bond donors (Lipinski definition) is 1. The van der Waals surface area contributed by atoms with E-state index in [-0.39, 0.29) is 0 Å². The van der Waals surface area contributed by atoms with Crippen LogP contribution in [0.5, 0.6) is 5.75 Å². The molecule has 1 aromatic rings. The molecule has 2 aliphatic heterocycles.